The van der Waals surface area contributed by atoms with Crippen molar-refractivity contribution in [2.45, 2.75) is 57.5 Å². The van der Waals surface area contributed by atoms with E-state index in [0.717, 1.165) is 40.4 Å². The van der Waals surface area contributed by atoms with Gasteiger partial charge in [-0.1, -0.05) is 62.7 Å². The highest BCUT2D eigenvalue weighted by Gasteiger charge is 2.33. The number of benzene rings is 3. The molecule has 0 bridgehead atoms. The van der Waals surface area contributed by atoms with E-state index < -0.39 is 34.3 Å². The van der Waals surface area contributed by atoms with Gasteiger partial charge in [0.1, 0.15) is 18.4 Å². The largest absolute Gasteiger partial charge is 0.354 e. The Labute approximate surface area is 230 Å². The lowest BCUT2D eigenvalue weighted by Crippen LogP contribution is -2.52. The molecule has 0 spiro atoms. The number of anilines is 1. The topological polar surface area (TPSA) is 86.8 Å². The van der Waals surface area contributed by atoms with Crippen LogP contribution in [0.4, 0.5) is 10.1 Å². The average molecular weight is 554 g/mol. The van der Waals surface area contributed by atoms with Crippen molar-refractivity contribution < 1.29 is 22.4 Å². The van der Waals surface area contributed by atoms with E-state index in [4.69, 9.17) is 0 Å². The summed E-state index contributed by atoms with van der Waals surface area (Å²) >= 11 is 0. The molecule has 3 aromatic carbocycles. The molecule has 0 aliphatic rings. The number of para-hydroxylation sites is 1. The minimum Gasteiger partial charge on any atom is -0.354 e. The Kier molecular flexibility index (Phi) is 10.6. The van der Waals surface area contributed by atoms with Gasteiger partial charge in [0.25, 0.3) is 10.0 Å². The molecule has 0 radical (unpaired) electrons. The van der Waals surface area contributed by atoms with Crippen molar-refractivity contribution in [3.63, 3.8) is 0 Å². The number of carbonyl (C=O) groups excluding carboxylic acids is 2. The number of nitrogens with zero attached hydrogens (tertiary/aromatic N) is 2. The summed E-state index contributed by atoms with van der Waals surface area (Å²) in [4.78, 5) is 28.5. The molecule has 0 unspecified atom stereocenters. The molecule has 0 aliphatic heterocycles. The number of sulfonamides is 1. The lowest BCUT2D eigenvalue weighted by atomic mass is 10.1. The molecule has 39 heavy (non-hydrogen) atoms. The fraction of sp³-hybridized carbons (Fsp3) is 0.333. The van der Waals surface area contributed by atoms with Crippen LogP contribution in [0.25, 0.3) is 0 Å². The number of unbranched alkanes of at least 4 members (excludes halogenated alkanes) is 1. The molecule has 9 heteroatoms. The molecule has 3 rings (SSSR count). The van der Waals surface area contributed by atoms with Crippen molar-refractivity contribution in [3.05, 3.63) is 95.8 Å². The Morgan fingerprint density at radius 2 is 1.56 bits per heavy atom. The second-order valence-electron chi connectivity index (χ2n) is 9.32. The molecule has 7 nitrogen and oxygen atoms in total. The number of carbonyl (C=O) groups is 2. The van der Waals surface area contributed by atoms with Crippen LogP contribution in [0.2, 0.25) is 0 Å². The quantitative estimate of drug-likeness (QED) is 0.300. The zero-order valence-corrected chi connectivity index (χ0v) is 23.5. The summed E-state index contributed by atoms with van der Waals surface area (Å²) in [5.74, 6) is -1.37. The molecule has 0 aromatic heterocycles. The van der Waals surface area contributed by atoms with E-state index in [9.17, 15) is 22.4 Å². The van der Waals surface area contributed by atoms with E-state index in [-0.39, 0.29) is 23.0 Å². The van der Waals surface area contributed by atoms with Gasteiger partial charge in [0.15, 0.2) is 0 Å². The van der Waals surface area contributed by atoms with Crippen molar-refractivity contribution in [2.24, 2.45) is 0 Å². The molecule has 2 amide bonds. The van der Waals surface area contributed by atoms with Crippen LogP contribution in [0.1, 0.15) is 44.2 Å². The fourth-order valence-corrected chi connectivity index (χ4v) is 5.67. The summed E-state index contributed by atoms with van der Waals surface area (Å²) in [6.07, 6.45) is 2.08. The number of halogens is 1. The highest BCUT2D eigenvalue weighted by molar-refractivity contribution is 7.92. The van der Waals surface area contributed by atoms with Gasteiger partial charge in [-0.15, -0.1) is 0 Å². The Morgan fingerprint density at radius 1 is 0.923 bits per heavy atom. The lowest BCUT2D eigenvalue weighted by molar-refractivity contribution is -0.140. The highest BCUT2D eigenvalue weighted by Crippen LogP contribution is 2.25. The first-order valence-corrected chi connectivity index (χ1v) is 14.6. The molecule has 3 aromatic rings. The van der Waals surface area contributed by atoms with Gasteiger partial charge in [-0.3, -0.25) is 13.9 Å². The predicted molar refractivity (Wildman–Crippen MR) is 151 cm³/mol. The van der Waals surface area contributed by atoms with E-state index in [0.29, 0.717) is 13.0 Å². The Bertz CT molecular complexity index is 1350. The number of aryl methyl sites for hydroxylation is 1. The third kappa shape index (κ3) is 7.66. The van der Waals surface area contributed by atoms with E-state index >= 15 is 0 Å². The molecular formula is C30H36FN3O4S. The number of rotatable bonds is 13. The Hall–Kier alpha value is -3.72. The standard InChI is InChI=1S/C30H36FN3O4S/c1-4-6-20-32-30(36)28(5-2)33(21-24-13-11-10-12-23(24)3)29(35)22-34(26-14-8-7-9-15-26)39(37,38)27-18-16-25(31)17-19-27/h7-19,28H,4-6,20-22H2,1-3H3,(H,32,36)/t28-/m1/s1. The van der Waals surface area contributed by atoms with Gasteiger partial charge in [0.05, 0.1) is 10.6 Å². The van der Waals surface area contributed by atoms with Crippen LogP contribution in [0.15, 0.2) is 83.8 Å². The summed E-state index contributed by atoms with van der Waals surface area (Å²) < 4.78 is 42.0. The van der Waals surface area contributed by atoms with Gasteiger partial charge >= 0.3 is 0 Å². The summed E-state index contributed by atoms with van der Waals surface area (Å²) in [6, 6.07) is 19.5. The number of hydrogen-bond donors (Lipinski definition) is 1. The molecule has 1 atom stereocenters. The molecular weight excluding hydrogens is 517 g/mol. The first kappa shape index (κ1) is 29.8. The van der Waals surface area contributed by atoms with Gasteiger partial charge in [-0.2, -0.15) is 0 Å². The van der Waals surface area contributed by atoms with Crippen LogP contribution in [0.3, 0.4) is 0 Å². The highest BCUT2D eigenvalue weighted by atomic mass is 32.2. The minimum absolute atomic E-state index is 0.143. The van der Waals surface area contributed by atoms with Gasteiger partial charge < -0.3 is 10.2 Å². The molecule has 0 saturated carbocycles. The smallest absolute Gasteiger partial charge is 0.264 e. The van der Waals surface area contributed by atoms with Crippen molar-refractivity contribution in [1.82, 2.24) is 10.2 Å². The second kappa shape index (κ2) is 13.9. The van der Waals surface area contributed by atoms with Crippen LogP contribution < -0.4 is 9.62 Å². The Morgan fingerprint density at radius 3 is 2.18 bits per heavy atom. The van der Waals surface area contributed by atoms with Crippen LogP contribution >= 0.6 is 0 Å². The third-order valence-corrected chi connectivity index (χ3v) is 8.33. The first-order valence-electron chi connectivity index (χ1n) is 13.1. The Balaban J connectivity index is 2.02. The molecule has 208 valence electrons. The summed E-state index contributed by atoms with van der Waals surface area (Å²) in [5, 5.41) is 2.92. The summed E-state index contributed by atoms with van der Waals surface area (Å²) in [6.45, 7) is 5.88. The molecule has 0 heterocycles. The van der Waals surface area contributed by atoms with Gasteiger partial charge in [-0.25, -0.2) is 12.8 Å². The zero-order chi connectivity index (χ0) is 28.4. The molecule has 1 N–H and O–H groups in total. The normalized spacial score (nSPS) is 12.0. The van der Waals surface area contributed by atoms with Crippen LogP contribution in [0.5, 0.6) is 0 Å². The second-order valence-corrected chi connectivity index (χ2v) is 11.2. The zero-order valence-electron chi connectivity index (χ0n) is 22.6. The molecule has 0 saturated heterocycles. The van der Waals surface area contributed by atoms with Crippen molar-refractivity contribution >= 4 is 27.5 Å². The van der Waals surface area contributed by atoms with E-state index in [2.05, 4.69) is 5.32 Å². The summed E-state index contributed by atoms with van der Waals surface area (Å²) in [7, 11) is -4.23. The fourth-order valence-electron chi connectivity index (χ4n) is 4.25. The number of nitrogens with one attached hydrogen (secondary N) is 1. The van der Waals surface area contributed by atoms with Gasteiger partial charge in [0.2, 0.25) is 11.8 Å². The van der Waals surface area contributed by atoms with Crippen LogP contribution in [-0.2, 0) is 26.2 Å². The lowest BCUT2D eigenvalue weighted by Gasteiger charge is -2.33. The van der Waals surface area contributed by atoms with E-state index in [1.807, 2.05) is 45.0 Å². The monoisotopic (exact) mass is 553 g/mol. The predicted octanol–water partition coefficient (Wildman–Crippen LogP) is 5.05. The maximum absolute atomic E-state index is 14.0. The average Bonchev–Trinajstić information content (AvgIpc) is 2.93. The van der Waals surface area contributed by atoms with Gasteiger partial charge in [0, 0.05) is 13.1 Å². The van der Waals surface area contributed by atoms with Crippen molar-refractivity contribution in [2.75, 3.05) is 17.4 Å². The van der Waals surface area contributed by atoms with E-state index in [1.54, 1.807) is 30.3 Å². The molecule has 0 fully saturated rings. The maximum atomic E-state index is 14.0. The van der Waals surface area contributed by atoms with Crippen molar-refractivity contribution in [1.29, 1.82) is 0 Å². The number of hydrogen-bond acceptors (Lipinski definition) is 4. The van der Waals surface area contributed by atoms with Crippen molar-refractivity contribution in [3.8, 4) is 0 Å². The molecule has 0 aliphatic carbocycles. The summed E-state index contributed by atoms with van der Waals surface area (Å²) in [5.41, 5.74) is 2.10. The van der Waals surface area contributed by atoms with Gasteiger partial charge in [-0.05, 0) is 67.3 Å². The van der Waals surface area contributed by atoms with Crippen LogP contribution in [0, 0.1) is 12.7 Å². The first-order chi connectivity index (χ1) is 18.7. The van der Waals surface area contributed by atoms with Crippen LogP contribution in [-0.4, -0.2) is 44.3 Å². The number of amides is 2. The third-order valence-electron chi connectivity index (χ3n) is 6.54. The van der Waals surface area contributed by atoms with E-state index in [1.165, 1.54) is 17.0 Å². The SMILES string of the molecule is CCCCNC(=O)[C@@H](CC)N(Cc1ccccc1C)C(=O)CN(c1ccccc1)S(=O)(=O)c1ccc(F)cc1. The minimum atomic E-state index is -4.23. The maximum Gasteiger partial charge on any atom is 0.264 e.